The van der Waals surface area contributed by atoms with Crippen LogP contribution in [0.25, 0.3) is 0 Å². The molecule has 0 aromatic carbocycles. The van der Waals surface area contributed by atoms with Crippen molar-refractivity contribution in [2.75, 3.05) is 39.9 Å². The third-order valence-electron chi connectivity index (χ3n) is 6.53. The average Bonchev–Trinajstić information content (AvgIpc) is 3.59. The van der Waals surface area contributed by atoms with Gasteiger partial charge in [-0.15, -0.1) is 0 Å². The Balaban J connectivity index is 0.000000317. The van der Waals surface area contributed by atoms with E-state index in [4.69, 9.17) is 33.4 Å². The minimum absolute atomic E-state index is 0.384. The van der Waals surface area contributed by atoms with Crippen LogP contribution in [0, 0.1) is 11.3 Å². The fraction of sp³-hybridized carbons (Fsp3) is 0.583. The van der Waals surface area contributed by atoms with Crippen molar-refractivity contribution < 1.29 is 59.7 Å². The van der Waals surface area contributed by atoms with E-state index in [1.165, 1.54) is 18.4 Å². The maximum atomic E-state index is 10.6. The highest BCUT2D eigenvalue weighted by atomic mass is 19.4. The smallest absolute Gasteiger partial charge is 0.475 e. The van der Waals surface area contributed by atoms with Gasteiger partial charge in [-0.1, -0.05) is 0 Å². The Hall–Kier alpha value is -3.04. The van der Waals surface area contributed by atoms with Crippen LogP contribution in [0.2, 0.25) is 0 Å². The highest BCUT2D eigenvalue weighted by Crippen LogP contribution is 2.45. The number of halogens is 6. The monoisotopic (exact) mass is 572 g/mol. The van der Waals surface area contributed by atoms with Crippen molar-refractivity contribution in [1.29, 1.82) is 0 Å². The molecule has 0 radical (unpaired) electrons. The van der Waals surface area contributed by atoms with Gasteiger partial charge < -0.3 is 23.8 Å². The number of rotatable bonds is 6. The van der Waals surface area contributed by atoms with Gasteiger partial charge in [0.05, 0.1) is 31.9 Å². The zero-order chi connectivity index (χ0) is 29.3. The number of hydrogen-bond donors (Lipinski definition) is 2. The summed E-state index contributed by atoms with van der Waals surface area (Å²) < 4.78 is 79.8. The number of carboxylic acid groups (broad SMARTS) is 2. The third kappa shape index (κ3) is 10.2. The number of piperidine rings is 1. The second-order valence-electron chi connectivity index (χ2n) is 9.28. The summed E-state index contributed by atoms with van der Waals surface area (Å²) >= 11 is 0. The van der Waals surface area contributed by atoms with Crippen LogP contribution in [0.3, 0.4) is 0 Å². The Morgan fingerprint density at radius 1 is 1.00 bits per heavy atom. The highest BCUT2D eigenvalue weighted by Gasteiger charge is 2.47. The molecule has 2 aromatic rings. The number of hydrogen-bond acceptors (Lipinski definition) is 7. The molecule has 2 fully saturated rings. The van der Waals surface area contributed by atoms with Crippen molar-refractivity contribution in [2.45, 2.75) is 38.3 Å². The van der Waals surface area contributed by atoms with Crippen LogP contribution in [0.4, 0.5) is 26.3 Å². The molecule has 39 heavy (non-hydrogen) atoms. The van der Waals surface area contributed by atoms with Gasteiger partial charge >= 0.3 is 24.3 Å². The van der Waals surface area contributed by atoms with E-state index >= 15 is 0 Å². The molecule has 15 heteroatoms. The summed E-state index contributed by atoms with van der Waals surface area (Å²) in [5.41, 5.74) is 1.66. The van der Waals surface area contributed by atoms with Crippen LogP contribution in [-0.4, -0.2) is 84.2 Å². The summed E-state index contributed by atoms with van der Waals surface area (Å²) in [5, 5.41) is 14.2. The van der Waals surface area contributed by atoms with Gasteiger partial charge in [-0.2, -0.15) is 26.3 Å². The second kappa shape index (κ2) is 13.8. The number of furan rings is 2. The van der Waals surface area contributed by atoms with E-state index in [9.17, 15) is 26.3 Å². The van der Waals surface area contributed by atoms with E-state index in [1.54, 1.807) is 12.5 Å². The van der Waals surface area contributed by atoms with Crippen LogP contribution >= 0.6 is 0 Å². The summed E-state index contributed by atoms with van der Waals surface area (Å²) in [6.45, 7) is 7.33. The largest absolute Gasteiger partial charge is 0.490 e. The van der Waals surface area contributed by atoms with E-state index < -0.39 is 24.3 Å². The Kier molecular flexibility index (Phi) is 11.4. The third-order valence-corrected chi connectivity index (χ3v) is 6.53. The lowest BCUT2D eigenvalue weighted by atomic mass is 9.71. The Bertz CT molecular complexity index is 977. The number of nitrogens with zero attached hydrogens (tertiary/aromatic N) is 2. The fourth-order valence-electron chi connectivity index (χ4n) is 4.68. The molecule has 4 rings (SSSR count). The van der Waals surface area contributed by atoms with Crippen LogP contribution in [0.1, 0.15) is 24.2 Å². The molecule has 2 saturated heterocycles. The lowest BCUT2D eigenvalue weighted by Crippen LogP contribution is -2.44. The number of carboxylic acids is 2. The molecule has 0 bridgehead atoms. The highest BCUT2D eigenvalue weighted by molar-refractivity contribution is 5.73. The van der Waals surface area contributed by atoms with Gasteiger partial charge in [-0.3, -0.25) is 9.80 Å². The Morgan fingerprint density at radius 3 is 2.03 bits per heavy atom. The number of carbonyl (C=O) groups is 2. The summed E-state index contributed by atoms with van der Waals surface area (Å²) in [5.74, 6) is -3.84. The molecule has 1 spiro atoms. The summed E-state index contributed by atoms with van der Waals surface area (Å²) in [6, 6.07) is 6.12. The van der Waals surface area contributed by atoms with E-state index in [0.29, 0.717) is 11.3 Å². The SMILES string of the molecule is COCC1CN(Cc2ccco2)CC12CCN(Cc1ccoc1)CC2.O=C(O)C(F)(F)F.O=C(O)C(F)(F)F. The number of methoxy groups -OCH3 is 1. The molecule has 1 atom stereocenters. The molecule has 0 amide bonds. The van der Waals surface area contributed by atoms with Gasteiger partial charge in [0.25, 0.3) is 0 Å². The van der Waals surface area contributed by atoms with Gasteiger partial charge in [0, 0.05) is 38.2 Å². The Labute approximate surface area is 219 Å². The minimum atomic E-state index is -5.08. The first-order chi connectivity index (χ1) is 18.2. The van der Waals surface area contributed by atoms with Crippen molar-refractivity contribution in [3.8, 4) is 0 Å². The molecular weight excluding hydrogens is 542 g/mol. The maximum Gasteiger partial charge on any atom is 0.490 e. The molecule has 0 saturated carbocycles. The molecule has 2 N–H and O–H groups in total. The molecule has 2 aliphatic heterocycles. The molecule has 220 valence electrons. The first-order valence-corrected chi connectivity index (χ1v) is 11.7. The van der Waals surface area contributed by atoms with Crippen molar-refractivity contribution in [3.05, 3.63) is 48.3 Å². The predicted octanol–water partition coefficient (Wildman–Crippen LogP) is 4.50. The van der Waals surface area contributed by atoms with Crippen LogP contribution in [0.5, 0.6) is 0 Å². The van der Waals surface area contributed by atoms with Gasteiger partial charge in [-0.05, 0) is 49.5 Å². The van der Waals surface area contributed by atoms with E-state index in [2.05, 4.69) is 21.9 Å². The minimum Gasteiger partial charge on any atom is -0.475 e. The van der Waals surface area contributed by atoms with Gasteiger partial charge in [-0.25, -0.2) is 9.59 Å². The molecule has 0 aliphatic carbocycles. The van der Waals surface area contributed by atoms with Crippen LogP contribution in [0.15, 0.2) is 45.8 Å². The number of aliphatic carboxylic acids is 2. The number of likely N-dealkylation sites (tertiary alicyclic amines) is 2. The van der Waals surface area contributed by atoms with Crippen molar-refractivity contribution in [2.24, 2.45) is 11.3 Å². The molecule has 1 unspecified atom stereocenters. The summed E-state index contributed by atoms with van der Waals surface area (Å²) in [7, 11) is 1.83. The predicted molar refractivity (Wildman–Crippen MR) is 122 cm³/mol. The van der Waals surface area contributed by atoms with E-state index in [0.717, 1.165) is 51.6 Å². The zero-order valence-corrected chi connectivity index (χ0v) is 21.0. The first kappa shape index (κ1) is 32.2. The summed E-state index contributed by atoms with van der Waals surface area (Å²) in [6.07, 6.45) is -2.29. The van der Waals surface area contributed by atoms with Gasteiger partial charge in [0.15, 0.2) is 0 Å². The molecule has 9 nitrogen and oxygen atoms in total. The van der Waals surface area contributed by atoms with Crippen molar-refractivity contribution in [1.82, 2.24) is 9.80 Å². The average molecular weight is 572 g/mol. The quantitative estimate of drug-likeness (QED) is 0.483. The second-order valence-corrected chi connectivity index (χ2v) is 9.28. The maximum absolute atomic E-state index is 10.6. The number of alkyl halides is 6. The van der Waals surface area contributed by atoms with Crippen molar-refractivity contribution >= 4 is 11.9 Å². The molecule has 2 aliphatic rings. The Morgan fingerprint density at radius 2 is 1.59 bits per heavy atom. The molecular formula is C24H30F6N2O7. The fourth-order valence-corrected chi connectivity index (χ4v) is 4.68. The zero-order valence-electron chi connectivity index (χ0n) is 21.0. The van der Waals surface area contributed by atoms with E-state index in [-0.39, 0.29) is 0 Å². The van der Waals surface area contributed by atoms with Gasteiger partial charge in [0.1, 0.15) is 5.76 Å². The van der Waals surface area contributed by atoms with Crippen molar-refractivity contribution in [3.63, 3.8) is 0 Å². The lowest BCUT2D eigenvalue weighted by molar-refractivity contribution is -0.193. The standard InChI is InChI=1S/C20H28N2O3.2C2HF3O2/c1-23-15-18-12-22(13-19-3-2-9-25-19)16-20(18)5-7-21(8-6-20)11-17-4-10-24-14-17;2*3-2(4,5)1(6)7/h2-4,9-10,14,18H,5-8,11-13,15-16H2,1H3;2*(H,6,7). The number of ether oxygens (including phenoxy) is 1. The van der Waals surface area contributed by atoms with E-state index in [1.807, 2.05) is 19.4 Å². The first-order valence-electron chi connectivity index (χ1n) is 11.7. The van der Waals surface area contributed by atoms with Crippen LogP contribution < -0.4 is 0 Å². The summed E-state index contributed by atoms with van der Waals surface area (Å²) in [4.78, 5) is 22.9. The molecule has 2 aromatic heterocycles. The van der Waals surface area contributed by atoms with Crippen LogP contribution in [-0.2, 0) is 27.4 Å². The topological polar surface area (TPSA) is 117 Å². The van der Waals surface area contributed by atoms with Gasteiger partial charge in [0.2, 0.25) is 0 Å². The molecule has 4 heterocycles. The normalized spacial score (nSPS) is 19.6. The lowest BCUT2D eigenvalue weighted by Gasteiger charge is -2.42.